The molecule has 1 aliphatic rings. The van der Waals surface area contributed by atoms with E-state index in [1.54, 1.807) is 30.5 Å². The smallest absolute Gasteiger partial charge is 0.287 e. The number of rotatable bonds is 6. The van der Waals surface area contributed by atoms with Gasteiger partial charge >= 0.3 is 0 Å². The largest absolute Gasteiger partial charge is 0.459 e. The highest BCUT2D eigenvalue weighted by molar-refractivity contribution is 7.91. The zero-order valence-corrected chi connectivity index (χ0v) is 15.4. The number of hydrogen-bond acceptors (Lipinski definition) is 7. The summed E-state index contributed by atoms with van der Waals surface area (Å²) in [7, 11) is -3.86. The van der Waals surface area contributed by atoms with E-state index < -0.39 is 21.0 Å². The van der Waals surface area contributed by atoms with Gasteiger partial charge in [-0.05, 0) is 35.9 Å². The van der Waals surface area contributed by atoms with Gasteiger partial charge in [-0.2, -0.15) is 0 Å². The Morgan fingerprint density at radius 2 is 2.00 bits per heavy atom. The molecule has 0 spiro atoms. The SMILES string of the molecule is O=C(NC[C@@H](c1cccnc1)S(=O)(=O)c1ccc2c(c1)OCO2)c1ccco1. The van der Waals surface area contributed by atoms with E-state index in [-0.39, 0.29) is 24.0 Å². The fraction of sp³-hybridized carbons (Fsp3) is 0.158. The molecule has 0 unspecified atom stereocenters. The van der Waals surface area contributed by atoms with Crippen LogP contribution in [0.1, 0.15) is 21.4 Å². The van der Waals surface area contributed by atoms with Gasteiger partial charge in [0.05, 0.1) is 11.2 Å². The number of carbonyl (C=O) groups excluding carboxylic acids is 1. The van der Waals surface area contributed by atoms with Crippen LogP contribution in [0.2, 0.25) is 0 Å². The molecule has 8 nitrogen and oxygen atoms in total. The summed E-state index contributed by atoms with van der Waals surface area (Å²) in [5, 5.41) is 1.58. The second kappa shape index (κ2) is 7.35. The van der Waals surface area contributed by atoms with Crippen LogP contribution >= 0.6 is 0 Å². The molecule has 144 valence electrons. The number of hydrogen-bond donors (Lipinski definition) is 1. The number of carbonyl (C=O) groups is 1. The molecule has 1 atom stereocenters. The first-order valence-electron chi connectivity index (χ1n) is 8.41. The lowest BCUT2D eigenvalue weighted by molar-refractivity contribution is 0.0926. The maximum absolute atomic E-state index is 13.3. The summed E-state index contributed by atoms with van der Waals surface area (Å²) >= 11 is 0. The first-order valence-corrected chi connectivity index (χ1v) is 9.95. The van der Waals surface area contributed by atoms with E-state index in [1.807, 2.05) is 0 Å². The Kier molecular flexibility index (Phi) is 4.74. The van der Waals surface area contributed by atoms with E-state index in [9.17, 15) is 13.2 Å². The summed E-state index contributed by atoms with van der Waals surface area (Å²) in [5.41, 5.74) is 0.458. The fourth-order valence-corrected chi connectivity index (χ4v) is 4.53. The van der Waals surface area contributed by atoms with Crippen LogP contribution < -0.4 is 14.8 Å². The van der Waals surface area contributed by atoms with E-state index >= 15 is 0 Å². The van der Waals surface area contributed by atoms with Crippen LogP contribution in [0.15, 0.2) is 70.4 Å². The van der Waals surface area contributed by atoms with Crippen molar-refractivity contribution in [1.29, 1.82) is 0 Å². The van der Waals surface area contributed by atoms with Gasteiger partial charge in [-0.15, -0.1) is 0 Å². The molecule has 2 aromatic heterocycles. The zero-order valence-electron chi connectivity index (χ0n) is 14.6. The summed E-state index contributed by atoms with van der Waals surface area (Å²) < 4.78 is 42.2. The van der Waals surface area contributed by atoms with Gasteiger partial charge in [-0.1, -0.05) is 6.07 Å². The standard InChI is InChI=1S/C19H16N2O6S/c22-19(16-4-2-8-25-16)21-11-18(13-3-1-7-20-10-13)28(23,24)14-5-6-15-17(9-14)27-12-26-15/h1-10,18H,11-12H2,(H,21,22)/t18-/m0/s1. The number of nitrogens with one attached hydrogen (secondary N) is 1. The second-order valence-corrected chi connectivity index (χ2v) is 8.15. The minimum atomic E-state index is -3.86. The maximum atomic E-state index is 13.3. The zero-order chi connectivity index (χ0) is 19.6. The number of amides is 1. The van der Waals surface area contributed by atoms with Crippen molar-refractivity contribution in [2.75, 3.05) is 13.3 Å². The Bertz CT molecular complexity index is 1080. The molecule has 0 aliphatic carbocycles. The molecule has 0 bridgehead atoms. The lowest BCUT2D eigenvalue weighted by Crippen LogP contribution is -2.31. The van der Waals surface area contributed by atoms with Gasteiger partial charge in [0.1, 0.15) is 5.25 Å². The van der Waals surface area contributed by atoms with E-state index in [1.165, 1.54) is 30.7 Å². The number of fused-ring (bicyclic) bond motifs is 1. The maximum Gasteiger partial charge on any atom is 0.287 e. The van der Waals surface area contributed by atoms with E-state index in [4.69, 9.17) is 13.9 Å². The third-order valence-corrected chi connectivity index (χ3v) is 6.40. The number of furan rings is 1. The molecule has 1 N–H and O–H groups in total. The van der Waals surface area contributed by atoms with Crippen LogP contribution in [0.25, 0.3) is 0 Å². The summed E-state index contributed by atoms with van der Waals surface area (Å²) in [5.74, 6) is 0.457. The predicted molar refractivity (Wildman–Crippen MR) is 97.8 cm³/mol. The third-order valence-electron chi connectivity index (χ3n) is 4.30. The molecule has 3 heterocycles. The first kappa shape index (κ1) is 18.1. The number of aromatic nitrogens is 1. The summed E-state index contributed by atoms with van der Waals surface area (Å²) in [4.78, 5) is 16.3. The number of sulfone groups is 1. The number of benzene rings is 1. The van der Waals surface area contributed by atoms with E-state index in [2.05, 4.69) is 10.3 Å². The van der Waals surface area contributed by atoms with Crippen molar-refractivity contribution in [3.8, 4) is 11.5 Å². The summed E-state index contributed by atoms with van der Waals surface area (Å²) in [6.07, 6.45) is 4.39. The van der Waals surface area contributed by atoms with Crippen molar-refractivity contribution in [3.05, 3.63) is 72.4 Å². The van der Waals surface area contributed by atoms with Crippen molar-refractivity contribution < 1.29 is 27.1 Å². The van der Waals surface area contributed by atoms with Crippen LogP contribution in [0.3, 0.4) is 0 Å². The van der Waals surface area contributed by atoms with Crippen LogP contribution in [-0.4, -0.2) is 32.6 Å². The Labute approximate surface area is 161 Å². The Morgan fingerprint density at radius 1 is 1.14 bits per heavy atom. The van der Waals surface area contributed by atoms with Gasteiger partial charge < -0.3 is 19.2 Å². The van der Waals surface area contributed by atoms with Crippen LogP contribution in [0.5, 0.6) is 11.5 Å². The Hall–Kier alpha value is -3.33. The van der Waals surface area contributed by atoms with Crippen molar-refractivity contribution in [2.45, 2.75) is 10.1 Å². The lowest BCUT2D eigenvalue weighted by Gasteiger charge is -2.18. The van der Waals surface area contributed by atoms with Gasteiger partial charge in [0, 0.05) is 25.0 Å². The van der Waals surface area contributed by atoms with Gasteiger partial charge in [0.2, 0.25) is 6.79 Å². The molecule has 28 heavy (non-hydrogen) atoms. The van der Waals surface area contributed by atoms with E-state index in [0.717, 1.165) is 0 Å². The molecule has 3 aromatic rings. The number of ether oxygens (including phenoxy) is 2. The highest BCUT2D eigenvalue weighted by Crippen LogP contribution is 2.37. The van der Waals surface area contributed by atoms with Crippen molar-refractivity contribution in [1.82, 2.24) is 10.3 Å². The minimum absolute atomic E-state index is 0.0457. The molecule has 0 saturated carbocycles. The first-order chi connectivity index (χ1) is 13.6. The van der Waals surface area contributed by atoms with E-state index in [0.29, 0.717) is 17.1 Å². The highest BCUT2D eigenvalue weighted by atomic mass is 32.2. The van der Waals surface area contributed by atoms with Crippen molar-refractivity contribution >= 4 is 15.7 Å². The molecular weight excluding hydrogens is 384 g/mol. The monoisotopic (exact) mass is 400 g/mol. The normalized spacial score (nSPS) is 13.9. The van der Waals surface area contributed by atoms with Crippen molar-refractivity contribution in [3.63, 3.8) is 0 Å². The fourth-order valence-electron chi connectivity index (χ4n) is 2.87. The predicted octanol–water partition coefficient (Wildman–Crippen LogP) is 2.35. The lowest BCUT2D eigenvalue weighted by atomic mass is 10.2. The topological polar surface area (TPSA) is 108 Å². The number of nitrogens with zero attached hydrogens (tertiary/aromatic N) is 1. The van der Waals surface area contributed by atoms with Crippen LogP contribution in [-0.2, 0) is 9.84 Å². The minimum Gasteiger partial charge on any atom is -0.459 e. The Balaban J connectivity index is 1.65. The van der Waals surface area contributed by atoms with Crippen LogP contribution in [0.4, 0.5) is 0 Å². The molecule has 1 amide bonds. The summed E-state index contributed by atoms with van der Waals surface area (Å²) in [6.45, 7) is -0.105. The van der Waals surface area contributed by atoms with Gasteiger partial charge in [0.15, 0.2) is 27.1 Å². The van der Waals surface area contributed by atoms with Crippen LogP contribution in [0, 0.1) is 0 Å². The second-order valence-electron chi connectivity index (χ2n) is 6.02. The Morgan fingerprint density at radius 3 is 2.75 bits per heavy atom. The summed E-state index contributed by atoms with van der Waals surface area (Å²) in [6, 6.07) is 10.8. The molecule has 9 heteroatoms. The highest BCUT2D eigenvalue weighted by Gasteiger charge is 2.31. The van der Waals surface area contributed by atoms with Gasteiger partial charge in [-0.25, -0.2) is 8.42 Å². The van der Waals surface area contributed by atoms with Gasteiger partial charge in [0.25, 0.3) is 5.91 Å². The molecule has 1 aliphatic heterocycles. The van der Waals surface area contributed by atoms with Gasteiger partial charge in [-0.3, -0.25) is 9.78 Å². The molecule has 0 radical (unpaired) electrons. The molecule has 0 saturated heterocycles. The molecular formula is C19H16N2O6S. The molecule has 1 aromatic carbocycles. The average Bonchev–Trinajstić information content (AvgIpc) is 3.40. The molecule has 4 rings (SSSR count). The third kappa shape index (κ3) is 3.44. The quantitative estimate of drug-likeness (QED) is 0.677. The average molecular weight is 400 g/mol. The number of pyridine rings is 1. The molecule has 0 fully saturated rings. The van der Waals surface area contributed by atoms with Crippen molar-refractivity contribution in [2.24, 2.45) is 0 Å².